The highest BCUT2D eigenvalue weighted by Gasteiger charge is 2.10. The summed E-state index contributed by atoms with van der Waals surface area (Å²) in [5, 5.41) is 9.11. The molecule has 2 aromatic rings. The second kappa shape index (κ2) is 10.5. The molecule has 1 heterocycles. The number of amides is 2. The van der Waals surface area contributed by atoms with Crippen molar-refractivity contribution in [3.8, 4) is 5.75 Å². The number of carbonyl (C=O) groups excluding carboxylic acids is 2. The van der Waals surface area contributed by atoms with Crippen molar-refractivity contribution in [2.45, 2.75) is 26.7 Å². The second-order valence-electron chi connectivity index (χ2n) is 5.61. The molecule has 0 aliphatic rings. The molecular weight excluding hydrogens is 354 g/mol. The standard InChI is InChI=1S/C18H23N3O4S/c1-3-4-9-24-15-8-6-5-7-14(15)19-17(22)11-26-12-18(23)20-16-10-13(2)25-21-16/h5-8,10H,3-4,9,11-12H2,1-2H3,(H,19,22)(H,20,21,23). The van der Waals surface area contributed by atoms with Gasteiger partial charge in [0.05, 0.1) is 23.8 Å². The van der Waals surface area contributed by atoms with Crippen LogP contribution in [0, 0.1) is 6.92 Å². The molecule has 0 atom stereocenters. The van der Waals surface area contributed by atoms with Gasteiger partial charge in [0.1, 0.15) is 11.5 Å². The molecule has 2 N–H and O–H groups in total. The Hall–Kier alpha value is -2.48. The van der Waals surface area contributed by atoms with Gasteiger partial charge in [0, 0.05) is 6.07 Å². The molecular formula is C18H23N3O4S. The topological polar surface area (TPSA) is 93.5 Å². The number of aromatic nitrogens is 1. The predicted molar refractivity (Wildman–Crippen MR) is 103 cm³/mol. The fraction of sp³-hybridized carbons (Fsp3) is 0.389. The SMILES string of the molecule is CCCCOc1ccccc1NC(=O)CSCC(=O)Nc1cc(C)on1. The van der Waals surface area contributed by atoms with Crippen LogP contribution in [0.3, 0.4) is 0 Å². The highest BCUT2D eigenvalue weighted by Crippen LogP contribution is 2.24. The summed E-state index contributed by atoms with van der Waals surface area (Å²) in [7, 11) is 0. The van der Waals surface area contributed by atoms with Gasteiger partial charge in [-0.2, -0.15) is 0 Å². The molecule has 0 radical (unpaired) electrons. The molecule has 2 rings (SSSR count). The van der Waals surface area contributed by atoms with Gasteiger partial charge in [-0.05, 0) is 25.5 Å². The summed E-state index contributed by atoms with van der Waals surface area (Å²) in [6, 6.07) is 8.95. The maximum Gasteiger partial charge on any atom is 0.235 e. The van der Waals surface area contributed by atoms with Gasteiger partial charge in [-0.1, -0.05) is 30.6 Å². The molecule has 0 fully saturated rings. The highest BCUT2D eigenvalue weighted by atomic mass is 32.2. The Morgan fingerprint density at radius 2 is 1.92 bits per heavy atom. The number of carbonyl (C=O) groups is 2. The van der Waals surface area contributed by atoms with Gasteiger partial charge < -0.3 is 19.9 Å². The summed E-state index contributed by atoms with van der Waals surface area (Å²) < 4.78 is 10.6. The number of aryl methyl sites for hydroxylation is 1. The molecule has 0 spiro atoms. The zero-order valence-corrected chi connectivity index (χ0v) is 15.7. The minimum Gasteiger partial charge on any atom is -0.491 e. The monoisotopic (exact) mass is 377 g/mol. The van der Waals surface area contributed by atoms with E-state index in [2.05, 4.69) is 22.7 Å². The average molecular weight is 377 g/mol. The van der Waals surface area contributed by atoms with Gasteiger partial charge in [-0.3, -0.25) is 9.59 Å². The third-order valence-electron chi connectivity index (χ3n) is 3.28. The van der Waals surface area contributed by atoms with E-state index in [4.69, 9.17) is 9.26 Å². The van der Waals surface area contributed by atoms with Gasteiger partial charge in [-0.15, -0.1) is 11.8 Å². The van der Waals surface area contributed by atoms with Crippen LogP contribution in [-0.4, -0.2) is 35.1 Å². The number of ether oxygens (including phenoxy) is 1. The number of nitrogens with zero attached hydrogens (tertiary/aromatic N) is 1. The number of para-hydroxylation sites is 2. The van der Waals surface area contributed by atoms with Crippen LogP contribution in [0.2, 0.25) is 0 Å². The molecule has 0 aliphatic carbocycles. The fourth-order valence-corrected chi connectivity index (χ4v) is 2.67. The van der Waals surface area contributed by atoms with E-state index in [1.807, 2.05) is 18.2 Å². The lowest BCUT2D eigenvalue weighted by molar-refractivity contribution is -0.114. The number of hydrogen-bond donors (Lipinski definition) is 2. The number of thioether (sulfide) groups is 1. The number of unbranched alkanes of at least 4 members (excludes halogenated alkanes) is 1. The van der Waals surface area contributed by atoms with Gasteiger partial charge >= 0.3 is 0 Å². The smallest absolute Gasteiger partial charge is 0.235 e. The Morgan fingerprint density at radius 3 is 2.62 bits per heavy atom. The molecule has 8 heteroatoms. The minimum atomic E-state index is -0.237. The van der Waals surface area contributed by atoms with E-state index in [0.29, 0.717) is 29.6 Å². The van der Waals surface area contributed by atoms with Crippen LogP contribution >= 0.6 is 11.8 Å². The maximum absolute atomic E-state index is 12.1. The van der Waals surface area contributed by atoms with Crippen molar-refractivity contribution in [1.82, 2.24) is 5.16 Å². The van der Waals surface area contributed by atoms with Crippen LogP contribution in [0.15, 0.2) is 34.9 Å². The van der Waals surface area contributed by atoms with Gasteiger partial charge in [0.15, 0.2) is 5.82 Å². The van der Waals surface area contributed by atoms with Crippen molar-refractivity contribution in [2.75, 3.05) is 28.7 Å². The average Bonchev–Trinajstić information content (AvgIpc) is 3.01. The first-order chi connectivity index (χ1) is 12.6. The summed E-state index contributed by atoms with van der Waals surface area (Å²) >= 11 is 1.22. The molecule has 0 bridgehead atoms. The number of anilines is 2. The van der Waals surface area contributed by atoms with Crippen molar-refractivity contribution in [3.05, 3.63) is 36.1 Å². The van der Waals surface area contributed by atoms with E-state index in [1.165, 1.54) is 11.8 Å². The Bertz CT molecular complexity index is 733. The molecule has 2 amide bonds. The Labute approximate surface area is 156 Å². The van der Waals surface area contributed by atoms with Crippen molar-refractivity contribution >= 4 is 35.1 Å². The van der Waals surface area contributed by atoms with E-state index in [0.717, 1.165) is 12.8 Å². The number of nitrogens with one attached hydrogen (secondary N) is 2. The summed E-state index contributed by atoms with van der Waals surface area (Å²) in [5.41, 5.74) is 0.636. The number of rotatable bonds is 10. The normalized spacial score (nSPS) is 10.4. The van der Waals surface area contributed by atoms with Crippen molar-refractivity contribution < 1.29 is 18.8 Å². The lowest BCUT2D eigenvalue weighted by Gasteiger charge is -2.12. The van der Waals surface area contributed by atoms with E-state index >= 15 is 0 Å². The molecule has 1 aromatic heterocycles. The third-order valence-corrected chi connectivity index (χ3v) is 4.21. The molecule has 7 nitrogen and oxygen atoms in total. The summed E-state index contributed by atoms with van der Waals surface area (Å²) in [4.78, 5) is 23.9. The highest BCUT2D eigenvalue weighted by molar-refractivity contribution is 8.00. The van der Waals surface area contributed by atoms with Crippen LogP contribution in [0.4, 0.5) is 11.5 Å². The second-order valence-corrected chi connectivity index (χ2v) is 6.60. The molecule has 140 valence electrons. The van der Waals surface area contributed by atoms with Crippen LogP contribution in [-0.2, 0) is 9.59 Å². The number of benzene rings is 1. The largest absolute Gasteiger partial charge is 0.491 e. The van der Waals surface area contributed by atoms with Crippen molar-refractivity contribution in [1.29, 1.82) is 0 Å². The van der Waals surface area contributed by atoms with Gasteiger partial charge in [0.2, 0.25) is 11.8 Å². The van der Waals surface area contributed by atoms with E-state index in [9.17, 15) is 9.59 Å². The van der Waals surface area contributed by atoms with E-state index in [-0.39, 0.29) is 23.3 Å². The zero-order valence-electron chi connectivity index (χ0n) is 14.9. The third kappa shape index (κ3) is 6.79. The first-order valence-corrected chi connectivity index (χ1v) is 9.56. The van der Waals surface area contributed by atoms with Gasteiger partial charge in [0.25, 0.3) is 0 Å². The Balaban J connectivity index is 1.74. The predicted octanol–water partition coefficient (Wildman–Crippen LogP) is 3.47. The van der Waals surface area contributed by atoms with Crippen LogP contribution in [0.1, 0.15) is 25.5 Å². The first kappa shape index (κ1) is 19.8. The molecule has 0 saturated heterocycles. The van der Waals surface area contributed by atoms with Crippen molar-refractivity contribution in [3.63, 3.8) is 0 Å². The molecule has 0 saturated carbocycles. The summed E-state index contributed by atoms with van der Waals surface area (Å²) in [5.74, 6) is 1.52. The minimum absolute atomic E-state index is 0.147. The van der Waals surface area contributed by atoms with Crippen LogP contribution in [0.25, 0.3) is 0 Å². The lowest BCUT2D eigenvalue weighted by atomic mass is 10.3. The van der Waals surface area contributed by atoms with Crippen LogP contribution in [0.5, 0.6) is 5.75 Å². The van der Waals surface area contributed by atoms with E-state index < -0.39 is 0 Å². The van der Waals surface area contributed by atoms with Gasteiger partial charge in [-0.25, -0.2) is 0 Å². The maximum atomic E-state index is 12.1. The molecule has 0 unspecified atom stereocenters. The number of hydrogen-bond acceptors (Lipinski definition) is 6. The zero-order chi connectivity index (χ0) is 18.8. The fourth-order valence-electron chi connectivity index (χ4n) is 2.05. The summed E-state index contributed by atoms with van der Waals surface area (Å²) in [6.45, 7) is 4.44. The molecule has 0 aliphatic heterocycles. The lowest BCUT2D eigenvalue weighted by Crippen LogP contribution is -2.19. The first-order valence-electron chi connectivity index (χ1n) is 8.41. The Morgan fingerprint density at radius 1 is 1.19 bits per heavy atom. The molecule has 26 heavy (non-hydrogen) atoms. The Kier molecular flexibility index (Phi) is 8.01. The quantitative estimate of drug-likeness (QED) is 0.616. The molecule has 1 aromatic carbocycles. The van der Waals surface area contributed by atoms with Crippen LogP contribution < -0.4 is 15.4 Å². The van der Waals surface area contributed by atoms with Crippen molar-refractivity contribution in [2.24, 2.45) is 0 Å². The van der Waals surface area contributed by atoms with E-state index in [1.54, 1.807) is 19.1 Å². The summed E-state index contributed by atoms with van der Waals surface area (Å²) in [6.07, 6.45) is 2.00.